The third-order valence-electron chi connectivity index (χ3n) is 1.31. The largest absolute Gasteiger partial charge is 1.00 e. The van der Waals surface area contributed by atoms with E-state index >= 15 is 0 Å². The second-order valence-electron chi connectivity index (χ2n) is 1.95. The lowest BCUT2D eigenvalue weighted by Crippen LogP contribution is -3.00. The molecule has 0 aromatic carbocycles. The van der Waals surface area contributed by atoms with Crippen LogP contribution in [-0.4, -0.2) is 10.2 Å². The van der Waals surface area contributed by atoms with Gasteiger partial charge in [-0.25, -0.2) is 4.57 Å². The molecule has 0 radical (unpaired) electrons. The Bertz CT molecular complexity index is 169. The van der Waals surface area contributed by atoms with Gasteiger partial charge in [0, 0.05) is 6.07 Å². The quantitative estimate of drug-likeness (QED) is 0.249. The lowest BCUT2D eigenvalue weighted by Gasteiger charge is -1.87. The van der Waals surface area contributed by atoms with Gasteiger partial charge in [0.1, 0.15) is 22.6 Å². The van der Waals surface area contributed by atoms with Crippen LogP contribution < -0.4 is 33.9 Å². The molecule has 0 aliphatic carbocycles. The van der Waals surface area contributed by atoms with Gasteiger partial charge < -0.3 is 24.0 Å². The zero-order valence-electron chi connectivity index (χ0n) is 5.63. The Kier molecular flexibility index (Phi) is 4.04. The molecule has 1 rings (SSSR count). The van der Waals surface area contributed by atoms with Crippen LogP contribution in [0.4, 0.5) is 0 Å². The Morgan fingerprint density at radius 1 is 1.44 bits per heavy atom. The van der Waals surface area contributed by atoms with Gasteiger partial charge in [-0.1, -0.05) is 6.07 Å². The number of pyridine rings is 1. The SMILES string of the molecule is C[n+]1ccccc1[SiH3].[I-]. The minimum Gasteiger partial charge on any atom is -1.00 e. The average molecular weight is 251 g/mol. The van der Waals surface area contributed by atoms with Gasteiger partial charge in [-0.05, 0) is 6.07 Å². The molecule has 0 aliphatic heterocycles. The summed E-state index contributed by atoms with van der Waals surface area (Å²) in [6.45, 7) is 0. The maximum absolute atomic E-state index is 2.15. The number of hydrogen-bond donors (Lipinski definition) is 0. The Labute approximate surface area is 75.5 Å². The van der Waals surface area contributed by atoms with Gasteiger partial charge in [0.15, 0.2) is 6.20 Å². The summed E-state index contributed by atoms with van der Waals surface area (Å²) in [6.07, 6.45) is 2.07. The lowest BCUT2D eigenvalue weighted by molar-refractivity contribution is -0.653. The average Bonchev–Trinajstić information content (AvgIpc) is 1.77. The second kappa shape index (κ2) is 4.00. The summed E-state index contributed by atoms with van der Waals surface area (Å²) < 4.78 is 2.15. The highest BCUT2D eigenvalue weighted by atomic mass is 127. The van der Waals surface area contributed by atoms with Gasteiger partial charge in [-0.2, -0.15) is 0 Å². The van der Waals surface area contributed by atoms with Crippen LogP contribution in [0.5, 0.6) is 0 Å². The summed E-state index contributed by atoms with van der Waals surface area (Å²) in [4.78, 5) is 0. The maximum Gasteiger partial charge on any atom is 0.168 e. The highest BCUT2D eigenvalue weighted by Gasteiger charge is 1.91. The van der Waals surface area contributed by atoms with Crippen molar-refractivity contribution in [1.29, 1.82) is 0 Å². The highest BCUT2D eigenvalue weighted by molar-refractivity contribution is 6.29. The molecule has 0 amide bonds. The highest BCUT2D eigenvalue weighted by Crippen LogP contribution is 1.68. The fourth-order valence-corrected chi connectivity index (χ4v) is 0.950. The summed E-state index contributed by atoms with van der Waals surface area (Å²) in [5, 5.41) is 1.42. The minimum atomic E-state index is 0. The van der Waals surface area contributed by atoms with Gasteiger partial charge in [0.05, 0.1) is 0 Å². The van der Waals surface area contributed by atoms with Crippen molar-refractivity contribution in [3.63, 3.8) is 0 Å². The van der Waals surface area contributed by atoms with E-state index in [-0.39, 0.29) is 24.0 Å². The molecule has 1 heterocycles. The van der Waals surface area contributed by atoms with E-state index in [2.05, 4.69) is 29.9 Å². The molecule has 0 bridgehead atoms. The first kappa shape index (κ1) is 9.10. The molecule has 0 aliphatic rings. The smallest absolute Gasteiger partial charge is 0.168 e. The van der Waals surface area contributed by atoms with E-state index in [9.17, 15) is 0 Å². The number of nitrogens with zero attached hydrogens (tertiary/aromatic N) is 1. The van der Waals surface area contributed by atoms with Crippen LogP contribution in [0, 0.1) is 0 Å². The summed E-state index contributed by atoms with van der Waals surface area (Å²) in [7, 11) is 3.21. The van der Waals surface area contributed by atoms with E-state index in [1.807, 2.05) is 6.07 Å². The normalized spacial score (nSPS) is 8.56. The van der Waals surface area contributed by atoms with Gasteiger partial charge in [-0.15, -0.1) is 0 Å². The van der Waals surface area contributed by atoms with Crippen molar-refractivity contribution in [3.8, 4) is 0 Å². The Hall–Kier alpha value is 0.0969. The summed E-state index contributed by atoms with van der Waals surface area (Å²) in [5.41, 5.74) is 0. The van der Waals surface area contributed by atoms with Crippen molar-refractivity contribution in [2.45, 2.75) is 0 Å². The van der Waals surface area contributed by atoms with E-state index in [0.29, 0.717) is 0 Å². The van der Waals surface area contributed by atoms with Gasteiger partial charge in [-0.3, -0.25) is 0 Å². The molecule has 9 heavy (non-hydrogen) atoms. The summed E-state index contributed by atoms with van der Waals surface area (Å²) in [5.74, 6) is 0. The topological polar surface area (TPSA) is 3.88 Å². The number of halogens is 1. The monoisotopic (exact) mass is 251 g/mol. The van der Waals surface area contributed by atoms with Crippen molar-refractivity contribution in [1.82, 2.24) is 0 Å². The molecule has 3 heteroatoms. The first-order valence-corrected chi connectivity index (χ1v) is 3.72. The molecular weight excluding hydrogens is 241 g/mol. The first-order chi connectivity index (χ1) is 3.80. The number of hydrogen-bond acceptors (Lipinski definition) is 0. The second-order valence-corrected chi connectivity index (χ2v) is 2.98. The van der Waals surface area contributed by atoms with Crippen molar-refractivity contribution in [3.05, 3.63) is 24.4 Å². The molecule has 1 nitrogen and oxygen atoms in total. The van der Waals surface area contributed by atoms with Crippen molar-refractivity contribution < 1.29 is 28.5 Å². The first-order valence-electron chi connectivity index (χ1n) is 2.72. The van der Waals surface area contributed by atoms with Crippen LogP contribution >= 0.6 is 0 Å². The van der Waals surface area contributed by atoms with Crippen LogP contribution in [0.3, 0.4) is 0 Å². The minimum absolute atomic E-state index is 0. The molecule has 50 valence electrons. The van der Waals surface area contributed by atoms with Crippen molar-refractivity contribution in [2.24, 2.45) is 7.05 Å². The zero-order valence-corrected chi connectivity index (χ0v) is 9.79. The van der Waals surface area contributed by atoms with Gasteiger partial charge in [0.2, 0.25) is 0 Å². The fourth-order valence-electron chi connectivity index (χ4n) is 0.609. The molecule has 0 unspecified atom stereocenters. The third kappa shape index (κ3) is 2.44. The van der Waals surface area contributed by atoms with E-state index < -0.39 is 0 Å². The van der Waals surface area contributed by atoms with Crippen LogP contribution in [-0.2, 0) is 7.05 Å². The van der Waals surface area contributed by atoms with Crippen molar-refractivity contribution in [2.75, 3.05) is 0 Å². The van der Waals surface area contributed by atoms with E-state index in [0.717, 1.165) is 10.2 Å². The van der Waals surface area contributed by atoms with Gasteiger partial charge >= 0.3 is 0 Å². The molecular formula is C6H10INSi. The molecule has 0 fully saturated rings. The molecule has 1 aromatic heterocycles. The fraction of sp³-hybridized carbons (Fsp3) is 0.167. The zero-order chi connectivity index (χ0) is 5.98. The predicted molar refractivity (Wildman–Crippen MR) is 37.2 cm³/mol. The number of aromatic nitrogens is 1. The molecule has 0 saturated carbocycles. The molecule has 0 atom stereocenters. The molecule has 0 saturated heterocycles. The maximum atomic E-state index is 2.15. The standard InChI is InChI=1S/C6H10NSi.HI/c1-7-5-3-2-4-6(7)8;/h2-5H,1,8H3;1H/q+1;/p-1. The molecule has 1 aromatic rings. The van der Waals surface area contributed by atoms with Crippen LogP contribution in [0.1, 0.15) is 0 Å². The van der Waals surface area contributed by atoms with Gasteiger partial charge in [0.25, 0.3) is 0 Å². The Balaban J connectivity index is 0.000000640. The van der Waals surface area contributed by atoms with E-state index in [4.69, 9.17) is 0 Å². The molecule has 0 N–H and O–H groups in total. The summed E-state index contributed by atoms with van der Waals surface area (Å²) in [6, 6.07) is 6.26. The third-order valence-corrected chi connectivity index (χ3v) is 2.35. The predicted octanol–water partition coefficient (Wildman–Crippen LogP) is -4.49. The number of rotatable bonds is 0. The molecule has 0 spiro atoms. The van der Waals surface area contributed by atoms with E-state index in [1.165, 1.54) is 5.32 Å². The Morgan fingerprint density at radius 2 is 2.11 bits per heavy atom. The Morgan fingerprint density at radius 3 is 2.44 bits per heavy atom. The number of aryl methyl sites for hydroxylation is 1. The van der Waals surface area contributed by atoms with Crippen LogP contribution in [0.2, 0.25) is 0 Å². The lowest BCUT2D eigenvalue weighted by atomic mass is 10.5. The van der Waals surface area contributed by atoms with Crippen LogP contribution in [0.15, 0.2) is 24.4 Å². The van der Waals surface area contributed by atoms with Crippen LogP contribution in [0.25, 0.3) is 0 Å². The summed E-state index contributed by atoms with van der Waals surface area (Å²) >= 11 is 0. The van der Waals surface area contributed by atoms with E-state index in [1.54, 1.807) is 0 Å². The van der Waals surface area contributed by atoms with Crippen molar-refractivity contribution >= 4 is 15.6 Å².